The van der Waals surface area contributed by atoms with E-state index in [0.717, 1.165) is 48.7 Å². The number of hydrogen-bond acceptors (Lipinski definition) is 3. The highest BCUT2D eigenvalue weighted by Crippen LogP contribution is 2.41. The Morgan fingerprint density at radius 3 is 2.52 bits per heavy atom. The lowest BCUT2D eigenvalue weighted by Crippen LogP contribution is -2.51. The Labute approximate surface area is 145 Å². The maximum atomic E-state index is 12.5. The minimum atomic E-state index is -0.293. The smallest absolute Gasteiger partial charge is 0.410 e. The molecule has 0 bridgehead atoms. The lowest BCUT2D eigenvalue weighted by Gasteiger charge is -2.46. The molecule has 1 N–H and O–H groups in total. The van der Waals surface area contributed by atoms with E-state index < -0.39 is 0 Å². The van der Waals surface area contributed by atoms with Gasteiger partial charge in [0.2, 0.25) is 0 Å². The molecule has 1 saturated carbocycles. The van der Waals surface area contributed by atoms with Crippen LogP contribution in [0.5, 0.6) is 0 Å². The number of aliphatic hydroxyl groups is 1. The zero-order valence-electron chi connectivity index (χ0n) is 13.5. The summed E-state index contributed by atoms with van der Waals surface area (Å²) in [7, 11) is 0. The molecule has 0 unspecified atom stereocenters. The summed E-state index contributed by atoms with van der Waals surface area (Å²) in [4.78, 5) is 14.4. The molecule has 0 aromatic heterocycles. The molecule has 1 saturated heterocycles. The van der Waals surface area contributed by atoms with Gasteiger partial charge in [0.15, 0.2) is 0 Å². The SMILES string of the molecule is C[C@@H](c1ccc(Br)cc1)N1CCC2(CCC(CO)CC2)OC1=O. The quantitative estimate of drug-likeness (QED) is 0.849. The molecule has 5 heteroatoms. The van der Waals surface area contributed by atoms with Gasteiger partial charge in [0.25, 0.3) is 0 Å². The third-order valence-corrected chi connectivity index (χ3v) is 5.97. The van der Waals surface area contributed by atoms with Crippen molar-refractivity contribution in [2.24, 2.45) is 5.92 Å². The van der Waals surface area contributed by atoms with Crippen molar-refractivity contribution in [3.05, 3.63) is 34.3 Å². The highest BCUT2D eigenvalue weighted by Gasteiger charge is 2.44. The average molecular weight is 382 g/mol. The lowest BCUT2D eigenvalue weighted by atomic mass is 9.76. The molecule has 1 atom stereocenters. The van der Waals surface area contributed by atoms with E-state index in [9.17, 15) is 9.90 Å². The molecule has 1 aliphatic heterocycles. The third-order valence-electron chi connectivity index (χ3n) is 5.44. The summed E-state index contributed by atoms with van der Waals surface area (Å²) in [5.41, 5.74) is 0.823. The predicted octanol–water partition coefficient (Wildman–Crippen LogP) is 4.27. The van der Waals surface area contributed by atoms with Crippen molar-refractivity contribution in [3.8, 4) is 0 Å². The largest absolute Gasteiger partial charge is 0.443 e. The van der Waals surface area contributed by atoms with Crippen LogP contribution in [0.3, 0.4) is 0 Å². The number of benzene rings is 1. The first-order chi connectivity index (χ1) is 11.0. The first kappa shape index (κ1) is 16.8. The van der Waals surface area contributed by atoms with Crippen molar-refractivity contribution in [1.29, 1.82) is 0 Å². The monoisotopic (exact) mass is 381 g/mol. The summed E-state index contributed by atoms with van der Waals surface area (Å²) in [6.07, 6.45) is 4.35. The van der Waals surface area contributed by atoms with Crippen molar-refractivity contribution in [2.75, 3.05) is 13.2 Å². The van der Waals surface area contributed by atoms with Crippen LogP contribution in [0.2, 0.25) is 0 Å². The third kappa shape index (κ3) is 3.56. The van der Waals surface area contributed by atoms with Gasteiger partial charge >= 0.3 is 6.09 Å². The van der Waals surface area contributed by atoms with Crippen LogP contribution in [0.25, 0.3) is 0 Å². The number of hydrogen-bond donors (Lipinski definition) is 1. The fourth-order valence-corrected chi connectivity index (χ4v) is 3.99. The second-order valence-electron chi connectivity index (χ2n) is 6.85. The molecule has 4 nitrogen and oxygen atoms in total. The predicted molar refractivity (Wildman–Crippen MR) is 92.1 cm³/mol. The van der Waals surface area contributed by atoms with Crippen molar-refractivity contribution in [1.82, 2.24) is 4.90 Å². The number of carbonyl (C=O) groups excluding carboxylic acids is 1. The summed E-state index contributed by atoms with van der Waals surface area (Å²) in [5, 5.41) is 9.27. The Morgan fingerprint density at radius 1 is 1.30 bits per heavy atom. The Hall–Kier alpha value is -1.07. The van der Waals surface area contributed by atoms with E-state index in [0.29, 0.717) is 5.92 Å². The molecule has 1 aliphatic carbocycles. The minimum Gasteiger partial charge on any atom is -0.443 e. The maximum absolute atomic E-state index is 12.5. The van der Waals surface area contributed by atoms with Gasteiger partial charge in [0.1, 0.15) is 5.60 Å². The van der Waals surface area contributed by atoms with Crippen molar-refractivity contribution >= 4 is 22.0 Å². The molecule has 1 amide bonds. The molecular formula is C18H24BrNO3. The van der Waals surface area contributed by atoms with Crippen molar-refractivity contribution in [2.45, 2.75) is 50.7 Å². The number of carbonyl (C=O) groups is 1. The molecule has 126 valence electrons. The number of aliphatic hydroxyl groups excluding tert-OH is 1. The highest BCUT2D eigenvalue weighted by atomic mass is 79.9. The van der Waals surface area contributed by atoms with Crippen LogP contribution in [0.4, 0.5) is 4.79 Å². The summed E-state index contributed by atoms with van der Waals surface area (Å²) in [6, 6.07) is 8.09. The first-order valence-electron chi connectivity index (χ1n) is 8.39. The van der Waals surface area contributed by atoms with E-state index in [-0.39, 0.29) is 24.3 Å². The van der Waals surface area contributed by atoms with E-state index in [4.69, 9.17) is 4.74 Å². The van der Waals surface area contributed by atoms with E-state index in [1.165, 1.54) is 0 Å². The zero-order valence-corrected chi connectivity index (χ0v) is 15.1. The lowest BCUT2D eigenvalue weighted by molar-refractivity contribution is -0.0843. The van der Waals surface area contributed by atoms with Gasteiger partial charge in [-0.05, 0) is 56.2 Å². The summed E-state index contributed by atoms with van der Waals surface area (Å²) >= 11 is 3.44. The number of nitrogens with zero attached hydrogens (tertiary/aromatic N) is 1. The first-order valence-corrected chi connectivity index (χ1v) is 9.18. The maximum Gasteiger partial charge on any atom is 0.410 e. The van der Waals surface area contributed by atoms with Crippen molar-refractivity contribution in [3.63, 3.8) is 0 Å². The molecule has 2 fully saturated rings. The van der Waals surface area contributed by atoms with Gasteiger partial charge < -0.3 is 14.7 Å². The van der Waals surface area contributed by atoms with Gasteiger partial charge in [0, 0.05) is 24.0 Å². The standard InChI is InChI=1S/C18H24BrNO3/c1-13(15-2-4-16(19)5-3-15)20-11-10-18(23-17(20)22)8-6-14(12-21)7-9-18/h2-5,13-14,21H,6-12H2,1H3/t13-,14?,18?/m0/s1. The number of ether oxygens (including phenoxy) is 1. The second-order valence-corrected chi connectivity index (χ2v) is 7.76. The summed E-state index contributed by atoms with van der Waals surface area (Å²) in [5.74, 6) is 0.374. The van der Waals surface area contributed by atoms with E-state index >= 15 is 0 Å². The summed E-state index contributed by atoms with van der Waals surface area (Å²) in [6.45, 7) is 3.03. The molecule has 23 heavy (non-hydrogen) atoms. The topological polar surface area (TPSA) is 49.8 Å². The summed E-state index contributed by atoms with van der Waals surface area (Å²) < 4.78 is 6.92. The second kappa shape index (κ2) is 6.81. The van der Waals surface area contributed by atoms with Crippen LogP contribution in [0.1, 0.15) is 50.6 Å². The van der Waals surface area contributed by atoms with Crippen LogP contribution in [0.15, 0.2) is 28.7 Å². The average Bonchev–Trinajstić information content (AvgIpc) is 2.56. The van der Waals surface area contributed by atoms with Gasteiger partial charge in [-0.1, -0.05) is 28.1 Å². The Morgan fingerprint density at radius 2 is 1.96 bits per heavy atom. The van der Waals surface area contributed by atoms with Gasteiger partial charge in [-0.2, -0.15) is 0 Å². The minimum absolute atomic E-state index is 0.0155. The van der Waals surface area contributed by atoms with Gasteiger partial charge in [-0.3, -0.25) is 0 Å². The Balaban J connectivity index is 1.65. The normalized spacial score (nSPS) is 29.4. The van der Waals surface area contributed by atoms with Crippen LogP contribution in [-0.2, 0) is 4.74 Å². The molecule has 1 spiro atoms. The van der Waals surface area contributed by atoms with Crippen LogP contribution in [0, 0.1) is 5.92 Å². The van der Waals surface area contributed by atoms with E-state index in [1.54, 1.807) is 0 Å². The molecule has 2 aliphatic rings. The molecular weight excluding hydrogens is 358 g/mol. The van der Waals surface area contributed by atoms with Crippen LogP contribution in [-0.4, -0.2) is 34.9 Å². The van der Waals surface area contributed by atoms with E-state index in [2.05, 4.69) is 15.9 Å². The fourth-order valence-electron chi connectivity index (χ4n) is 3.72. The van der Waals surface area contributed by atoms with Crippen LogP contribution < -0.4 is 0 Å². The number of rotatable bonds is 3. The van der Waals surface area contributed by atoms with Gasteiger partial charge in [-0.15, -0.1) is 0 Å². The zero-order chi connectivity index (χ0) is 16.4. The molecule has 1 heterocycles. The van der Waals surface area contributed by atoms with Crippen LogP contribution >= 0.6 is 15.9 Å². The molecule has 1 aromatic carbocycles. The Kier molecular flexibility index (Phi) is 4.97. The van der Waals surface area contributed by atoms with Gasteiger partial charge in [0.05, 0.1) is 6.04 Å². The van der Waals surface area contributed by atoms with E-state index in [1.807, 2.05) is 36.1 Å². The van der Waals surface area contributed by atoms with Gasteiger partial charge in [-0.25, -0.2) is 4.79 Å². The number of amides is 1. The fraction of sp³-hybridized carbons (Fsp3) is 0.611. The van der Waals surface area contributed by atoms with Crippen molar-refractivity contribution < 1.29 is 14.6 Å². The Bertz CT molecular complexity index is 552. The molecule has 1 aromatic rings. The molecule has 0 radical (unpaired) electrons. The highest BCUT2D eigenvalue weighted by molar-refractivity contribution is 9.10. The molecule has 3 rings (SSSR count). The number of halogens is 1.